The molecule has 4 rings (SSSR count). The number of benzene rings is 2. The number of imidazole rings is 1. The average molecular weight is 505 g/mol. The molecule has 1 amide bonds. The van der Waals surface area contributed by atoms with Crippen LogP contribution in [0.25, 0.3) is 16.9 Å². The number of hydrogen-bond donors (Lipinski definition) is 2. The minimum Gasteiger partial charge on any atom is -0.494 e. The first-order chi connectivity index (χ1) is 17.8. The van der Waals surface area contributed by atoms with Gasteiger partial charge in [0.25, 0.3) is 0 Å². The topological polar surface area (TPSA) is 100 Å². The molecule has 192 valence electrons. The first kappa shape index (κ1) is 25.6. The highest BCUT2D eigenvalue weighted by Gasteiger charge is 2.17. The molecule has 0 fully saturated rings. The van der Waals surface area contributed by atoms with E-state index >= 15 is 0 Å². The summed E-state index contributed by atoms with van der Waals surface area (Å²) in [6, 6.07) is 9.97. The molecule has 0 saturated heterocycles. The Labute approximate surface area is 214 Å². The second-order valence-corrected chi connectivity index (χ2v) is 8.58. The number of carbonyl (C=O) groups excluding carboxylic acids is 1. The van der Waals surface area contributed by atoms with Crippen molar-refractivity contribution < 1.29 is 13.9 Å². The maximum Gasteiger partial charge on any atom is 0.247 e. The molecule has 0 atom stereocenters. The number of nitrogens with zero attached hydrogens (tertiary/aromatic N) is 6. The van der Waals surface area contributed by atoms with Crippen molar-refractivity contribution in [3.8, 4) is 11.4 Å². The normalized spacial score (nSPS) is 11.0. The van der Waals surface area contributed by atoms with Gasteiger partial charge in [-0.15, -0.1) is 0 Å². The fourth-order valence-electron chi connectivity index (χ4n) is 3.72. The Morgan fingerprint density at radius 2 is 1.95 bits per heavy atom. The number of rotatable bonds is 10. The zero-order chi connectivity index (χ0) is 26.5. The van der Waals surface area contributed by atoms with Crippen molar-refractivity contribution in [1.82, 2.24) is 24.4 Å². The first-order valence-electron chi connectivity index (χ1n) is 11.5. The lowest BCUT2D eigenvalue weighted by Gasteiger charge is -2.25. The molecule has 0 aliphatic rings. The molecule has 0 aliphatic heterocycles. The predicted molar refractivity (Wildman–Crippen MR) is 144 cm³/mol. The van der Waals surface area contributed by atoms with Crippen LogP contribution in [0.15, 0.2) is 61.6 Å². The van der Waals surface area contributed by atoms with Crippen LogP contribution in [-0.2, 0) is 4.79 Å². The molecule has 37 heavy (non-hydrogen) atoms. The van der Waals surface area contributed by atoms with Gasteiger partial charge < -0.3 is 25.2 Å². The smallest absolute Gasteiger partial charge is 0.247 e. The summed E-state index contributed by atoms with van der Waals surface area (Å²) < 4.78 is 21.6. The average Bonchev–Trinajstić information content (AvgIpc) is 3.30. The summed E-state index contributed by atoms with van der Waals surface area (Å²) in [7, 11) is 7.49. The van der Waals surface area contributed by atoms with E-state index in [0.29, 0.717) is 34.0 Å². The third kappa shape index (κ3) is 5.67. The highest BCUT2D eigenvalue weighted by Crippen LogP contribution is 2.38. The second-order valence-electron chi connectivity index (χ2n) is 8.58. The number of nitrogens with one attached hydrogen (secondary N) is 2. The second kappa shape index (κ2) is 11.0. The lowest BCUT2D eigenvalue weighted by Crippen LogP contribution is -2.29. The maximum absolute atomic E-state index is 14.4. The lowest BCUT2D eigenvalue weighted by atomic mass is 10.2. The monoisotopic (exact) mass is 504 g/mol. The zero-order valence-electron chi connectivity index (χ0n) is 21.2. The van der Waals surface area contributed by atoms with Gasteiger partial charge in [0, 0.05) is 26.2 Å². The van der Waals surface area contributed by atoms with Gasteiger partial charge in [-0.2, -0.15) is 4.98 Å². The lowest BCUT2D eigenvalue weighted by molar-refractivity contribution is -0.111. The molecule has 0 bridgehead atoms. The van der Waals surface area contributed by atoms with Crippen molar-refractivity contribution in [2.45, 2.75) is 0 Å². The van der Waals surface area contributed by atoms with Crippen molar-refractivity contribution >= 4 is 40.1 Å². The molecule has 0 radical (unpaired) electrons. The van der Waals surface area contributed by atoms with E-state index in [9.17, 15) is 9.18 Å². The number of fused-ring (bicyclic) bond motifs is 1. The number of anilines is 4. The van der Waals surface area contributed by atoms with Gasteiger partial charge in [-0.1, -0.05) is 18.7 Å². The van der Waals surface area contributed by atoms with Crippen LogP contribution >= 0.6 is 0 Å². The van der Waals surface area contributed by atoms with Crippen LogP contribution in [0.5, 0.6) is 5.75 Å². The number of carbonyl (C=O) groups is 1. The van der Waals surface area contributed by atoms with Gasteiger partial charge in [0.1, 0.15) is 23.4 Å². The van der Waals surface area contributed by atoms with Gasteiger partial charge in [-0.05, 0) is 38.4 Å². The molecule has 2 heterocycles. The number of aromatic nitrogens is 4. The van der Waals surface area contributed by atoms with E-state index in [1.54, 1.807) is 42.1 Å². The largest absolute Gasteiger partial charge is 0.494 e. The third-order valence-electron chi connectivity index (χ3n) is 5.70. The highest BCUT2D eigenvalue weighted by atomic mass is 19.1. The molecular formula is C26H29FN8O2. The van der Waals surface area contributed by atoms with Gasteiger partial charge in [-0.25, -0.2) is 14.4 Å². The molecule has 11 heteroatoms. The van der Waals surface area contributed by atoms with E-state index in [0.717, 1.165) is 18.8 Å². The molecule has 0 spiro atoms. The number of amides is 1. The quantitative estimate of drug-likeness (QED) is 0.315. The van der Waals surface area contributed by atoms with E-state index < -0.39 is 5.82 Å². The Bertz CT molecular complexity index is 1440. The van der Waals surface area contributed by atoms with E-state index in [4.69, 9.17) is 4.74 Å². The fraction of sp³-hybridized carbons (Fsp3) is 0.231. The fourth-order valence-corrected chi connectivity index (χ4v) is 3.72. The van der Waals surface area contributed by atoms with E-state index in [1.165, 1.54) is 18.5 Å². The molecular weight excluding hydrogens is 475 g/mol. The first-order valence-corrected chi connectivity index (χ1v) is 11.5. The summed E-state index contributed by atoms with van der Waals surface area (Å²) in [5.41, 5.74) is 3.13. The third-order valence-corrected chi connectivity index (χ3v) is 5.70. The Kier molecular flexibility index (Phi) is 7.63. The summed E-state index contributed by atoms with van der Waals surface area (Å²) in [6.45, 7) is 5.09. The van der Waals surface area contributed by atoms with Crippen LogP contribution in [-0.4, -0.2) is 71.7 Å². The number of likely N-dealkylation sites (N-methyl/N-ethyl adjacent to an activating group) is 2. The van der Waals surface area contributed by atoms with E-state index in [2.05, 4.69) is 37.1 Å². The molecule has 2 aromatic heterocycles. The summed E-state index contributed by atoms with van der Waals surface area (Å²) in [4.78, 5) is 29.5. The van der Waals surface area contributed by atoms with E-state index in [-0.39, 0.29) is 11.9 Å². The van der Waals surface area contributed by atoms with Crippen LogP contribution in [0.3, 0.4) is 0 Å². The molecule has 0 unspecified atom stereocenters. The SMILES string of the molecule is C=CC(=O)Nc1cc(Nc2ncc3ncn(-c4ccccc4F)c3n2)c(OC)cc1N(C)CCN(C)C. The van der Waals surface area contributed by atoms with Crippen molar-refractivity contribution in [2.75, 3.05) is 56.9 Å². The molecule has 10 nitrogen and oxygen atoms in total. The van der Waals surface area contributed by atoms with Crippen LogP contribution in [0.2, 0.25) is 0 Å². The Hall–Kier alpha value is -4.51. The summed E-state index contributed by atoms with van der Waals surface area (Å²) in [5.74, 6) is 0.0335. The van der Waals surface area contributed by atoms with Crippen molar-refractivity contribution in [3.63, 3.8) is 0 Å². The zero-order valence-corrected chi connectivity index (χ0v) is 21.2. The van der Waals surface area contributed by atoms with Crippen molar-refractivity contribution in [3.05, 3.63) is 67.4 Å². The maximum atomic E-state index is 14.4. The van der Waals surface area contributed by atoms with Gasteiger partial charge in [0.15, 0.2) is 5.65 Å². The summed E-state index contributed by atoms with van der Waals surface area (Å²) in [5, 5.41) is 6.02. The minimum absolute atomic E-state index is 0.249. The van der Waals surface area contributed by atoms with Crippen LogP contribution in [0.4, 0.5) is 27.4 Å². The van der Waals surface area contributed by atoms with Crippen molar-refractivity contribution in [1.29, 1.82) is 0 Å². The number of methoxy groups -OCH3 is 1. The Morgan fingerprint density at radius 1 is 1.16 bits per heavy atom. The number of para-hydroxylation sites is 1. The minimum atomic E-state index is -0.395. The number of ether oxygens (including phenoxy) is 1. The van der Waals surface area contributed by atoms with E-state index in [1.807, 2.05) is 32.1 Å². The van der Waals surface area contributed by atoms with Crippen LogP contribution in [0.1, 0.15) is 0 Å². The highest BCUT2D eigenvalue weighted by molar-refractivity contribution is 6.02. The number of halogens is 1. The molecule has 2 N–H and O–H groups in total. The molecule has 0 aliphatic carbocycles. The van der Waals surface area contributed by atoms with Gasteiger partial charge in [-0.3, -0.25) is 9.36 Å². The Balaban J connectivity index is 1.73. The van der Waals surface area contributed by atoms with Gasteiger partial charge >= 0.3 is 0 Å². The van der Waals surface area contributed by atoms with Gasteiger partial charge in [0.05, 0.1) is 36.1 Å². The molecule has 4 aromatic rings. The Morgan fingerprint density at radius 3 is 2.65 bits per heavy atom. The van der Waals surface area contributed by atoms with Crippen molar-refractivity contribution in [2.24, 2.45) is 0 Å². The van der Waals surface area contributed by atoms with Gasteiger partial charge in [0.2, 0.25) is 11.9 Å². The van der Waals surface area contributed by atoms with Crippen LogP contribution < -0.4 is 20.3 Å². The predicted octanol–water partition coefficient (Wildman–Crippen LogP) is 3.83. The summed E-state index contributed by atoms with van der Waals surface area (Å²) >= 11 is 0. The van der Waals surface area contributed by atoms with Crippen LogP contribution in [0, 0.1) is 5.82 Å². The molecule has 0 saturated carbocycles. The number of hydrogen-bond acceptors (Lipinski definition) is 8. The standard InChI is InChI=1S/C26H29FN8O2/c1-6-24(36)30-18-13-19(23(37-5)14-22(18)34(4)12-11-33(2)3)31-26-28-15-20-25(32-26)35(16-29-20)21-10-8-7-9-17(21)27/h6-10,13-16H,1,11-12H2,2-5H3,(H,30,36)(H,28,31,32). The molecule has 2 aromatic carbocycles. The summed E-state index contributed by atoms with van der Waals surface area (Å²) in [6.07, 6.45) is 4.27.